The maximum atomic E-state index is 12.8. The molecule has 0 saturated carbocycles. The number of amides is 1. The highest BCUT2D eigenvalue weighted by Crippen LogP contribution is 2.34. The number of carbonyl (C=O) groups excluding carboxylic acids is 1. The molecule has 2 aromatic carbocycles. The summed E-state index contributed by atoms with van der Waals surface area (Å²) in [7, 11) is 0. The summed E-state index contributed by atoms with van der Waals surface area (Å²) in [6.07, 6.45) is -4.75. The van der Waals surface area contributed by atoms with Crippen LogP contribution in [-0.4, -0.2) is 20.6 Å². The first kappa shape index (κ1) is 22.1. The minimum atomic E-state index is -4.75. The van der Waals surface area contributed by atoms with Crippen LogP contribution in [-0.2, 0) is 12.7 Å². The summed E-state index contributed by atoms with van der Waals surface area (Å²) in [4.78, 5) is 22.7. The lowest BCUT2D eigenvalue weighted by atomic mass is 10.1. The van der Waals surface area contributed by atoms with Gasteiger partial charge in [0, 0.05) is 6.07 Å². The molecule has 1 amide bonds. The first-order valence-electron chi connectivity index (χ1n) is 8.76. The Balaban J connectivity index is 1.79. The van der Waals surface area contributed by atoms with Crippen LogP contribution >= 0.6 is 11.6 Å². The van der Waals surface area contributed by atoms with Crippen LogP contribution in [0.5, 0.6) is 0 Å². The normalized spacial score (nSPS) is 11.3. The lowest BCUT2D eigenvalue weighted by Crippen LogP contribution is -2.30. The van der Waals surface area contributed by atoms with Gasteiger partial charge in [0.15, 0.2) is 0 Å². The Bertz CT molecular complexity index is 1130. The summed E-state index contributed by atoms with van der Waals surface area (Å²) in [5.41, 5.74) is 3.38. The van der Waals surface area contributed by atoms with Gasteiger partial charge in [-0.3, -0.25) is 25.8 Å². The topological polar surface area (TPSA) is 102 Å². The molecule has 0 bridgehead atoms. The predicted molar refractivity (Wildman–Crippen MR) is 107 cm³/mol. The number of nitro groups is 1. The molecule has 8 nitrogen and oxygen atoms in total. The highest BCUT2D eigenvalue weighted by atomic mass is 35.5. The third kappa shape index (κ3) is 4.94. The zero-order valence-electron chi connectivity index (χ0n) is 15.9. The monoisotopic (exact) mass is 453 g/mol. The largest absolute Gasteiger partial charge is 0.416 e. The molecule has 1 aromatic heterocycles. The highest BCUT2D eigenvalue weighted by Gasteiger charge is 2.33. The van der Waals surface area contributed by atoms with Crippen LogP contribution in [0, 0.1) is 17.0 Å². The zero-order chi connectivity index (χ0) is 22.8. The summed E-state index contributed by atoms with van der Waals surface area (Å²) >= 11 is 6.29. The molecule has 0 radical (unpaired) electrons. The van der Waals surface area contributed by atoms with Gasteiger partial charge >= 0.3 is 6.18 Å². The summed E-state index contributed by atoms with van der Waals surface area (Å²) in [6, 6.07) is 11.2. The van der Waals surface area contributed by atoms with Crippen molar-refractivity contribution in [2.24, 2.45) is 0 Å². The highest BCUT2D eigenvalue weighted by molar-refractivity contribution is 6.33. The van der Waals surface area contributed by atoms with Crippen molar-refractivity contribution in [3.8, 4) is 0 Å². The van der Waals surface area contributed by atoms with Gasteiger partial charge in [0.1, 0.15) is 16.4 Å². The molecule has 0 aliphatic heterocycles. The van der Waals surface area contributed by atoms with E-state index in [-0.39, 0.29) is 16.4 Å². The Labute approximate surface area is 178 Å². The molecule has 0 aliphatic rings. The van der Waals surface area contributed by atoms with E-state index in [1.54, 1.807) is 6.92 Å². The first-order chi connectivity index (χ1) is 14.6. The second-order valence-corrected chi connectivity index (χ2v) is 6.82. The van der Waals surface area contributed by atoms with E-state index in [1.165, 1.54) is 4.68 Å². The van der Waals surface area contributed by atoms with Crippen molar-refractivity contribution in [3.63, 3.8) is 0 Å². The van der Waals surface area contributed by atoms with E-state index in [9.17, 15) is 28.1 Å². The summed E-state index contributed by atoms with van der Waals surface area (Å²) in [5.74, 6) is -0.754. The van der Waals surface area contributed by atoms with Crippen molar-refractivity contribution >= 4 is 28.9 Å². The van der Waals surface area contributed by atoms with Gasteiger partial charge in [0.05, 0.1) is 22.7 Å². The SMILES string of the molecule is Cc1nn(Cc2ccccc2)c(Cl)c1C(=O)NNc1ccc(C(F)(F)F)cc1[N+](=O)[O-]. The number of benzene rings is 2. The smallest absolute Gasteiger partial charge is 0.292 e. The van der Waals surface area contributed by atoms with Gasteiger partial charge in [-0.2, -0.15) is 18.3 Å². The second-order valence-electron chi connectivity index (χ2n) is 6.46. The van der Waals surface area contributed by atoms with Gasteiger partial charge in [-0.05, 0) is 24.6 Å². The molecule has 0 spiro atoms. The lowest BCUT2D eigenvalue weighted by molar-refractivity contribution is -0.384. The zero-order valence-corrected chi connectivity index (χ0v) is 16.7. The first-order valence-corrected chi connectivity index (χ1v) is 9.14. The molecule has 0 unspecified atom stereocenters. The number of carbonyl (C=O) groups is 1. The average Bonchev–Trinajstić information content (AvgIpc) is 2.99. The number of nitro benzene ring substituents is 1. The van der Waals surface area contributed by atoms with Crippen LogP contribution in [0.4, 0.5) is 24.5 Å². The predicted octanol–water partition coefficient (Wildman–Crippen LogP) is 4.58. The molecule has 0 atom stereocenters. The summed E-state index contributed by atoms with van der Waals surface area (Å²) in [5, 5.41) is 15.4. The molecular formula is C19H15ClF3N5O3. The van der Waals surface area contributed by atoms with Gasteiger partial charge < -0.3 is 0 Å². The van der Waals surface area contributed by atoms with Crippen molar-refractivity contribution in [3.05, 3.63) is 86.2 Å². The maximum Gasteiger partial charge on any atom is 0.416 e. The van der Waals surface area contributed by atoms with E-state index in [0.717, 1.165) is 11.6 Å². The molecule has 3 aromatic rings. The van der Waals surface area contributed by atoms with Gasteiger partial charge in [0.2, 0.25) is 0 Å². The van der Waals surface area contributed by atoms with E-state index >= 15 is 0 Å². The molecule has 0 fully saturated rings. The molecule has 1 heterocycles. The fraction of sp³-hybridized carbons (Fsp3) is 0.158. The van der Waals surface area contributed by atoms with Crippen LogP contribution in [0.2, 0.25) is 5.15 Å². The van der Waals surface area contributed by atoms with Gasteiger partial charge in [-0.1, -0.05) is 41.9 Å². The number of hydrogen-bond donors (Lipinski definition) is 2. The number of nitrogens with one attached hydrogen (secondary N) is 2. The third-order valence-corrected chi connectivity index (χ3v) is 4.68. The molecular weight excluding hydrogens is 439 g/mol. The van der Waals surface area contributed by atoms with Crippen LogP contribution in [0.1, 0.15) is 27.2 Å². The Hall–Kier alpha value is -3.60. The Morgan fingerprint density at radius 3 is 2.52 bits per heavy atom. The van der Waals surface area contributed by atoms with Crippen LogP contribution in [0.3, 0.4) is 0 Å². The van der Waals surface area contributed by atoms with E-state index < -0.39 is 28.3 Å². The van der Waals surface area contributed by atoms with Crippen molar-refractivity contribution < 1.29 is 22.9 Å². The summed E-state index contributed by atoms with van der Waals surface area (Å²) in [6.45, 7) is 1.87. The van der Waals surface area contributed by atoms with Crippen LogP contribution in [0.15, 0.2) is 48.5 Å². The van der Waals surface area contributed by atoms with Crippen molar-refractivity contribution in [2.45, 2.75) is 19.6 Å². The molecule has 3 rings (SSSR count). The van der Waals surface area contributed by atoms with Crippen LogP contribution < -0.4 is 10.9 Å². The number of hydrogen-bond acceptors (Lipinski definition) is 5. The number of anilines is 1. The lowest BCUT2D eigenvalue weighted by Gasteiger charge is -2.11. The Kier molecular flexibility index (Phi) is 6.16. The van der Waals surface area contributed by atoms with Crippen molar-refractivity contribution in [2.75, 3.05) is 5.43 Å². The third-order valence-electron chi connectivity index (χ3n) is 4.30. The number of aromatic nitrogens is 2. The molecule has 2 N–H and O–H groups in total. The number of nitrogens with zero attached hydrogens (tertiary/aromatic N) is 3. The van der Waals surface area contributed by atoms with Gasteiger partial charge in [0.25, 0.3) is 11.6 Å². The fourth-order valence-corrected chi connectivity index (χ4v) is 3.14. The molecule has 0 aliphatic carbocycles. The number of aryl methyl sites for hydroxylation is 1. The maximum absolute atomic E-state index is 12.8. The Morgan fingerprint density at radius 2 is 1.90 bits per heavy atom. The average molecular weight is 454 g/mol. The number of hydrazine groups is 1. The standard InChI is InChI=1S/C19H15ClF3N5O3/c1-11-16(17(20)27(26-11)10-12-5-3-2-4-6-12)18(29)25-24-14-8-7-13(19(21,22)23)9-15(14)28(30)31/h2-9,24H,10H2,1H3,(H,25,29). The van der Waals surface area contributed by atoms with Crippen molar-refractivity contribution in [1.82, 2.24) is 15.2 Å². The molecule has 31 heavy (non-hydrogen) atoms. The van der Waals surface area contributed by atoms with E-state index in [4.69, 9.17) is 11.6 Å². The second kappa shape index (κ2) is 8.64. The molecule has 162 valence electrons. The van der Waals surface area contributed by atoms with Crippen LogP contribution in [0.25, 0.3) is 0 Å². The molecule has 12 heteroatoms. The number of halogens is 4. The van der Waals surface area contributed by atoms with Crippen molar-refractivity contribution in [1.29, 1.82) is 0 Å². The summed E-state index contributed by atoms with van der Waals surface area (Å²) < 4.78 is 39.8. The van der Waals surface area contributed by atoms with E-state index in [1.807, 2.05) is 30.3 Å². The molecule has 0 saturated heterocycles. The minimum Gasteiger partial charge on any atom is -0.292 e. The number of alkyl halides is 3. The van der Waals surface area contributed by atoms with E-state index in [2.05, 4.69) is 16.0 Å². The van der Waals surface area contributed by atoms with Gasteiger partial charge in [-0.15, -0.1) is 0 Å². The minimum absolute atomic E-state index is 0.0275. The van der Waals surface area contributed by atoms with Gasteiger partial charge in [-0.25, -0.2) is 4.68 Å². The Morgan fingerprint density at radius 1 is 1.23 bits per heavy atom. The number of rotatable bonds is 6. The fourth-order valence-electron chi connectivity index (χ4n) is 2.82. The quantitative estimate of drug-likeness (QED) is 0.420. The van der Waals surface area contributed by atoms with E-state index in [0.29, 0.717) is 24.4 Å².